The van der Waals surface area contributed by atoms with Gasteiger partial charge in [0, 0.05) is 35.2 Å². The van der Waals surface area contributed by atoms with E-state index in [-0.39, 0.29) is 18.2 Å². The molecule has 0 bridgehead atoms. The van der Waals surface area contributed by atoms with E-state index in [1.807, 2.05) is 32.9 Å². The number of hydrogen-bond acceptors (Lipinski definition) is 7. The summed E-state index contributed by atoms with van der Waals surface area (Å²) >= 11 is 1.57. The monoisotopic (exact) mass is 466 g/mol. The van der Waals surface area contributed by atoms with Crippen LogP contribution in [0.4, 0.5) is 10.2 Å². The third-order valence-corrected chi connectivity index (χ3v) is 6.73. The number of halogens is 1. The Labute approximate surface area is 193 Å². The SMILES string of the molecule is CCOc1cc2nc(C)sc2cc1CNC(=O)c1cc2c3c(c(N)nc2cc1F)[C@@H](C)OC3. The van der Waals surface area contributed by atoms with E-state index < -0.39 is 11.7 Å². The summed E-state index contributed by atoms with van der Waals surface area (Å²) < 4.78 is 27.3. The van der Waals surface area contributed by atoms with Crippen molar-refractivity contribution in [2.45, 2.75) is 40.0 Å². The second-order valence-electron chi connectivity index (χ2n) is 7.97. The Kier molecular flexibility index (Phi) is 5.38. The van der Waals surface area contributed by atoms with Crippen molar-refractivity contribution in [1.29, 1.82) is 0 Å². The molecule has 3 N–H and O–H groups in total. The standard InChI is InChI=1S/C24H23FN4O3S/c1-4-31-20-8-19-21(33-12(3)28-19)5-13(20)9-27-24(30)15-6-14-16-10-32-11(2)22(16)23(26)29-18(14)7-17(15)25/h5-8,11H,4,9-10H2,1-3H3,(H2,26,29)(H,27,30)/t11-/m1/s1. The van der Waals surface area contributed by atoms with Crippen LogP contribution in [0, 0.1) is 12.7 Å². The fourth-order valence-corrected chi connectivity index (χ4v) is 5.14. The van der Waals surface area contributed by atoms with Crippen molar-refractivity contribution in [1.82, 2.24) is 15.3 Å². The predicted octanol–water partition coefficient (Wildman–Crippen LogP) is 4.79. The smallest absolute Gasteiger partial charge is 0.254 e. The number of aromatic nitrogens is 2. The number of carbonyl (C=O) groups is 1. The van der Waals surface area contributed by atoms with Crippen LogP contribution >= 0.6 is 11.3 Å². The maximum Gasteiger partial charge on any atom is 0.254 e. The summed E-state index contributed by atoms with van der Waals surface area (Å²) in [4.78, 5) is 21.8. The molecule has 4 aromatic rings. The Morgan fingerprint density at radius 3 is 2.91 bits per heavy atom. The van der Waals surface area contributed by atoms with Gasteiger partial charge in [0.1, 0.15) is 17.4 Å². The molecule has 2 aromatic heterocycles. The molecule has 33 heavy (non-hydrogen) atoms. The maximum absolute atomic E-state index is 14.9. The van der Waals surface area contributed by atoms with Crippen molar-refractivity contribution in [3.63, 3.8) is 0 Å². The first-order valence-corrected chi connectivity index (χ1v) is 11.5. The Balaban J connectivity index is 1.47. The highest BCUT2D eigenvalue weighted by Gasteiger charge is 2.27. The lowest BCUT2D eigenvalue weighted by molar-refractivity contribution is 0.0801. The summed E-state index contributed by atoms with van der Waals surface area (Å²) in [5.74, 6) is -0.193. The molecule has 0 fully saturated rings. The number of aryl methyl sites for hydroxylation is 1. The molecule has 1 amide bonds. The number of pyridine rings is 1. The van der Waals surface area contributed by atoms with Gasteiger partial charge in [-0.2, -0.15) is 0 Å². The minimum atomic E-state index is -0.655. The molecule has 3 heterocycles. The molecule has 0 saturated carbocycles. The molecular formula is C24H23FN4O3S. The van der Waals surface area contributed by atoms with Gasteiger partial charge in [-0.25, -0.2) is 14.4 Å². The van der Waals surface area contributed by atoms with Crippen LogP contribution in [0.1, 0.15) is 52.0 Å². The number of benzene rings is 2. The number of nitrogen functional groups attached to an aromatic ring is 1. The number of nitrogens with two attached hydrogens (primary N) is 1. The lowest BCUT2D eigenvalue weighted by atomic mass is 10.00. The Hall–Kier alpha value is -3.30. The topological polar surface area (TPSA) is 99.4 Å². The summed E-state index contributed by atoms with van der Waals surface area (Å²) in [7, 11) is 0. The first kappa shape index (κ1) is 21.5. The Morgan fingerprint density at radius 1 is 1.30 bits per heavy atom. The second kappa shape index (κ2) is 8.24. The average molecular weight is 467 g/mol. The molecule has 9 heteroatoms. The van der Waals surface area contributed by atoms with Crippen molar-refractivity contribution >= 4 is 44.2 Å². The summed E-state index contributed by atoms with van der Waals surface area (Å²) in [6.07, 6.45) is -0.193. The zero-order valence-corrected chi connectivity index (χ0v) is 19.3. The molecule has 7 nitrogen and oxygen atoms in total. The van der Waals surface area contributed by atoms with Crippen molar-refractivity contribution in [2.75, 3.05) is 12.3 Å². The van der Waals surface area contributed by atoms with Crippen molar-refractivity contribution in [3.05, 3.63) is 57.3 Å². The van der Waals surface area contributed by atoms with Crippen molar-refractivity contribution < 1.29 is 18.7 Å². The quantitative estimate of drug-likeness (QED) is 0.439. The van der Waals surface area contributed by atoms with E-state index in [1.54, 1.807) is 11.3 Å². The van der Waals surface area contributed by atoms with Crippen LogP contribution in [-0.2, 0) is 17.9 Å². The van der Waals surface area contributed by atoms with Crippen LogP contribution in [0.25, 0.3) is 21.1 Å². The molecule has 0 saturated heterocycles. The molecule has 170 valence electrons. The Bertz CT molecular complexity index is 1420. The molecule has 1 aliphatic heterocycles. The zero-order valence-electron chi connectivity index (χ0n) is 18.5. The van der Waals surface area contributed by atoms with Gasteiger partial charge in [0.15, 0.2) is 0 Å². The largest absolute Gasteiger partial charge is 0.493 e. The number of thiazole rings is 1. The number of rotatable bonds is 5. The van der Waals surface area contributed by atoms with Crippen LogP contribution < -0.4 is 15.8 Å². The summed E-state index contributed by atoms with van der Waals surface area (Å²) in [5, 5.41) is 4.45. The fourth-order valence-electron chi connectivity index (χ4n) is 4.27. The molecule has 5 rings (SSSR count). The lowest BCUT2D eigenvalue weighted by Crippen LogP contribution is -2.24. The molecule has 2 aromatic carbocycles. The highest BCUT2D eigenvalue weighted by molar-refractivity contribution is 7.18. The number of anilines is 1. The van der Waals surface area contributed by atoms with Gasteiger partial charge in [0.2, 0.25) is 0 Å². The minimum absolute atomic E-state index is 0.0523. The third-order valence-electron chi connectivity index (χ3n) is 5.80. The normalized spacial score (nSPS) is 15.2. The van der Waals surface area contributed by atoms with Gasteiger partial charge in [-0.15, -0.1) is 11.3 Å². The van der Waals surface area contributed by atoms with E-state index in [9.17, 15) is 9.18 Å². The molecule has 0 spiro atoms. The number of carbonyl (C=O) groups excluding carboxylic acids is 1. The van der Waals surface area contributed by atoms with Crippen LogP contribution in [0.3, 0.4) is 0 Å². The molecule has 1 aliphatic rings. The zero-order chi connectivity index (χ0) is 23.3. The molecule has 0 unspecified atom stereocenters. The van der Waals surface area contributed by atoms with E-state index in [2.05, 4.69) is 15.3 Å². The lowest BCUT2D eigenvalue weighted by Gasteiger charge is -2.13. The van der Waals surface area contributed by atoms with Gasteiger partial charge in [-0.05, 0) is 38.5 Å². The maximum atomic E-state index is 14.9. The highest BCUT2D eigenvalue weighted by Crippen LogP contribution is 2.38. The summed E-state index contributed by atoms with van der Waals surface area (Å²) in [6, 6.07) is 6.62. The van der Waals surface area contributed by atoms with E-state index in [1.165, 1.54) is 12.1 Å². The van der Waals surface area contributed by atoms with Crippen LogP contribution in [0.2, 0.25) is 0 Å². The fraction of sp³-hybridized carbons (Fsp3) is 0.292. The molecule has 1 atom stereocenters. The van der Waals surface area contributed by atoms with Gasteiger partial charge >= 0.3 is 0 Å². The summed E-state index contributed by atoms with van der Waals surface area (Å²) in [6.45, 7) is 6.75. The predicted molar refractivity (Wildman–Crippen MR) is 126 cm³/mol. The summed E-state index contributed by atoms with van der Waals surface area (Å²) in [5.41, 5.74) is 9.73. The number of amides is 1. The highest BCUT2D eigenvalue weighted by atomic mass is 32.1. The van der Waals surface area contributed by atoms with E-state index >= 15 is 0 Å². The van der Waals surface area contributed by atoms with E-state index in [4.69, 9.17) is 15.2 Å². The molecular weight excluding hydrogens is 443 g/mol. The number of ether oxygens (including phenoxy) is 2. The van der Waals surface area contributed by atoms with Crippen molar-refractivity contribution in [3.8, 4) is 5.75 Å². The van der Waals surface area contributed by atoms with E-state index in [0.717, 1.165) is 31.9 Å². The number of nitrogens with zero attached hydrogens (tertiary/aromatic N) is 2. The van der Waals surface area contributed by atoms with Crippen LogP contribution in [-0.4, -0.2) is 22.5 Å². The molecule has 0 aliphatic carbocycles. The average Bonchev–Trinajstić information content (AvgIpc) is 3.33. The van der Waals surface area contributed by atoms with Gasteiger partial charge < -0.3 is 20.5 Å². The first-order chi connectivity index (χ1) is 15.9. The number of hydrogen-bond donors (Lipinski definition) is 2. The van der Waals surface area contributed by atoms with Crippen LogP contribution in [0.15, 0.2) is 24.3 Å². The Morgan fingerprint density at radius 2 is 2.12 bits per heavy atom. The third kappa shape index (κ3) is 3.77. The van der Waals surface area contributed by atoms with Crippen LogP contribution in [0.5, 0.6) is 5.75 Å². The van der Waals surface area contributed by atoms with Gasteiger partial charge in [0.05, 0.1) is 45.6 Å². The second-order valence-corrected chi connectivity index (χ2v) is 9.20. The number of fused-ring (bicyclic) bond motifs is 4. The first-order valence-electron chi connectivity index (χ1n) is 10.7. The number of nitrogens with one attached hydrogen (secondary N) is 1. The van der Waals surface area contributed by atoms with Gasteiger partial charge in [0.25, 0.3) is 5.91 Å². The molecule has 0 radical (unpaired) electrons. The van der Waals surface area contributed by atoms with E-state index in [0.29, 0.717) is 35.7 Å². The van der Waals surface area contributed by atoms with Gasteiger partial charge in [-0.3, -0.25) is 4.79 Å². The minimum Gasteiger partial charge on any atom is -0.493 e. The van der Waals surface area contributed by atoms with Crippen molar-refractivity contribution in [2.24, 2.45) is 0 Å². The van der Waals surface area contributed by atoms with Gasteiger partial charge in [-0.1, -0.05) is 0 Å².